The number of benzene rings is 1. The zero-order chi connectivity index (χ0) is 18.6. The van der Waals surface area contributed by atoms with Crippen LogP contribution in [0.25, 0.3) is 0 Å². The Bertz CT molecular complexity index is 597. The fourth-order valence-electron chi connectivity index (χ4n) is 3.75. The van der Waals surface area contributed by atoms with E-state index in [-0.39, 0.29) is 11.9 Å². The lowest BCUT2D eigenvalue weighted by atomic mass is 10.0. The number of hydrogen-bond donors (Lipinski definition) is 2. The molecule has 3 rings (SSSR count). The third kappa shape index (κ3) is 5.45. The molecule has 4 nitrogen and oxygen atoms in total. The minimum atomic E-state index is -4.30. The van der Waals surface area contributed by atoms with E-state index in [2.05, 4.69) is 15.5 Å². The Labute approximate surface area is 152 Å². The summed E-state index contributed by atoms with van der Waals surface area (Å²) in [6.45, 7) is 4.26. The van der Waals surface area contributed by atoms with Crippen LogP contribution in [-0.4, -0.2) is 43.0 Å². The van der Waals surface area contributed by atoms with E-state index >= 15 is 0 Å². The molecule has 0 saturated carbocycles. The van der Waals surface area contributed by atoms with Crippen LogP contribution in [0.1, 0.15) is 36.8 Å². The number of carbonyl (C=O) groups excluding carboxylic acids is 1. The van der Waals surface area contributed by atoms with Gasteiger partial charge in [-0.05, 0) is 56.0 Å². The number of nitrogens with one attached hydrogen (secondary N) is 2. The maximum Gasteiger partial charge on any atom is 0.416 e. The van der Waals surface area contributed by atoms with Gasteiger partial charge in [0.1, 0.15) is 0 Å². The summed E-state index contributed by atoms with van der Waals surface area (Å²) < 4.78 is 37.8. The van der Waals surface area contributed by atoms with Gasteiger partial charge in [0, 0.05) is 32.1 Å². The van der Waals surface area contributed by atoms with Gasteiger partial charge in [-0.15, -0.1) is 0 Å². The average Bonchev–Trinajstić information content (AvgIpc) is 3.25. The zero-order valence-electron chi connectivity index (χ0n) is 14.8. The minimum Gasteiger partial charge on any atom is -0.352 e. The largest absolute Gasteiger partial charge is 0.416 e. The predicted octanol–water partition coefficient (Wildman–Crippen LogP) is 2.79. The van der Waals surface area contributed by atoms with Crippen molar-refractivity contribution in [1.82, 2.24) is 15.5 Å². The van der Waals surface area contributed by atoms with Gasteiger partial charge in [0.15, 0.2) is 0 Å². The second-order valence-corrected chi connectivity index (χ2v) is 7.38. The lowest BCUT2D eigenvalue weighted by Crippen LogP contribution is -2.37. The standard InChI is InChI=1S/C19H26F3N3O/c20-19(21,22)16-4-1-15(2-5-16)12-25-10-8-17(13-25)24-18(26)6-3-14-7-9-23-11-14/h1-2,4-5,14,17,23H,3,6-13H2,(H,24,26). The van der Waals surface area contributed by atoms with Crippen molar-refractivity contribution in [2.24, 2.45) is 5.92 Å². The van der Waals surface area contributed by atoms with E-state index in [0.29, 0.717) is 18.9 Å². The van der Waals surface area contributed by atoms with Gasteiger partial charge in [0.05, 0.1) is 5.56 Å². The van der Waals surface area contributed by atoms with E-state index in [0.717, 1.165) is 63.1 Å². The molecule has 2 unspecified atom stereocenters. The van der Waals surface area contributed by atoms with Crippen LogP contribution in [0, 0.1) is 5.92 Å². The van der Waals surface area contributed by atoms with Crippen molar-refractivity contribution < 1.29 is 18.0 Å². The summed E-state index contributed by atoms with van der Waals surface area (Å²) in [5.74, 6) is 0.721. The molecular weight excluding hydrogens is 343 g/mol. The van der Waals surface area contributed by atoms with Crippen LogP contribution in [0.15, 0.2) is 24.3 Å². The first kappa shape index (κ1) is 19.2. The summed E-state index contributed by atoms with van der Waals surface area (Å²) in [6, 6.07) is 5.46. The summed E-state index contributed by atoms with van der Waals surface area (Å²) in [5, 5.41) is 6.41. The lowest BCUT2D eigenvalue weighted by molar-refractivity contribution is -0.137. The van der Waals surface area contributed by atoms with E-state index in [1.807, 2.05) is 0 Å². The fraction of sp³-hybridized carbons (Fsp3) is 0.632. The van der Waals surface area contributed by atoms with Gasteiger partial charge in [-0.1, -0.05) is 12.1 Å². The van der Waals surface area contributed by atoms with E-state index in [9.17, 15) is 18.0 Å². The number of nitrogens with zero attached hydrogens (tertiary/aromatic N) is 1. The first-order chi connectivity index (χ1) is 12.4. The number of halogens is 3. The SMILES string of the molecule is O=C(CCC1CCNC1)NC1CCN(Cc2ccc(C(F)(F)F)cc2)C1. The van der Waals surface area contributed by atoms with Crippen LogP contribution < -0.4 is 10.6 Å². The molecule has 7 heteroatoms. The summed E-state index contributed by atoms with van der Waals surface area (Å²) in [7, 11) is 0. The van der Waals surface area contributed by atoms with Crippen LogP contribution >= 0.6 is 0 Å². The second-order valence-electron chi connectivity index (χ2n) is 7.38. The van der Waals surface area contributed by atoms with E-state index < -0.39 is 11.7 Å². The highest BCUT2D eigenvalue weighted by molar-refractivity contribution is 5.76. The van der Waals surface area contributed by atoms with E-state index in [1.54, 1.807) is 0 Å². The van der Waals surface area contributed by atoms with Crippen molar-refractivity contribution in [2.45, 2.75) is 44.4 Å². The van der Waals surface area contributed by atoms with Gasteiger partial charge >= 0.3 is 6.18 Å². The molecule has 2 N–H and O–H groups in total. The second kappa shape index (κ2) is 8.39. The third-order valence-corrected chi connectivity index (χ3v) is 5.27. The van der Waals surface area contributed by atoms with Gasteiger partial charge in [-0.25, -0.2) is 0 Å². The number of likely N-dealkylation sites (tertiary alicyclic amines) is 1. The van der Waals surface area contributed by atoms with Gasteiger partial charge < -0.3 is 10.6 Å². The molecular formula is C19H26F3N3O. The highest BCUT2D eigenvalue weighted by Gasteiger charge is 2.30. The monoisotopic (exact) mass is 369 g/mol. The highest BCUT2D eigenvalue weighted by Crippen LogP contribution is 2.29. The Kier molecular flexibility index (Phi) is 6.19. The zero-order valence-corrected chi connectivity index (χ0v) is 14.8. The van der Waals surface area contributed by atoms with Crippen molar-refractivity contribution in [3.8, 4) is 0 Å². The molecule has 1 aromatic rings. The average molecular weight is 369 g/mol. The Hall–Kier alpha value is -1.60. The maximum atomic E-state index is 12.6. The molecule has 26 heavy (non-hydrogen) atoms. The molecule has 0 radical (unpaired) electrons. The number of alkyl halides is 3. The molecule has 2 atom stereocenters. The molecule has 0 aliphatic carbocycles. The predicted molar refractivity (Wildman–Crippen MR) is 93.5 cm³/mol. The summed E-state index contributed by atoms with van der Waals surface area (Å²) in [5.41, 5.74) is 0.240. The van der Waals surface area contributed by atoms with Crippen LogP contribution in [0.3, 0.4) is 0 Å². The van der Waals surface area contributed by atoms with Crippen LogP contribution in [-0.2, 0) is 17.5 Å². The first-order valence-corrected chi connectivity index (χ1v) is 9.29. The van der Waals surface area contributed by atoms with Crippen molar-refractivity contribution in [1.29, 1.82) is 0 Å². The summed E-state index contributed by atoms with van der Waals surface area (Å²) in [4.78, 5) is 14.3. The molecule has 2 heterocycles. The molecule has 1 amide bonds. The molecule has 144 valence electrons. The fourth-order valence-corrected chi connectivity index (χ4v) is 3.75. The molecule has 2 aliphatic heterocycles. The van der Waals surface area contributed by atoms with E-state index in [4.69, 9.17) is 0 Å². The van der Waals surface area contributed by atoms with Crippen molar-refractivity contribution in [2.75, 3.05) is 26.2 Å². The van der Waals surface area contributed by atoms with Gasteiger partial charge in [-0.2, -0.15) is 13.2 Å². The van der Waals surface area contributed by atoms with Crippen LogP contribution in [0.4, 0.5) is 13.2 Å². The molecule has 1 aromatic carbocycles. The van der Waals surface area contributed by atoms with Crippen molar-refractivity contribution in [3.05, 3.63) is 35.4 Å². The molecule has 0 spiro atoms. The van der Waals surface area contributed by atoms with Crippen molar-refractivity contribution in [3.63, 3.8) is 0 Å². The van der Waals surface area contributed by atoms with E-state index in [1.165, 1.54) is 12.1 Å². The smallest absolute Gasteiger partial charge is 0.352 e. The van der Waals surface area contributed by atoms with Crippen LogP contribution in [0.2, 0.25) is 0 Å². The quantitative estimate of drug-likeness (QED) is 0.811. The van der Waals surface area contributed by atoms with Gasteiger partial charge in [0.25, 0.3) is 0 Å². The number of rotatable bonds is 6. The summed E-state index contributed by atoms with van der Waals surface area (Å²) >= 11 is 0. The normalized spacial score (nSPS) is 24.1. The van der Waals surface area contributed by atoms with Gasteiger partial charge in [-0.3, -0.25) is 9.69 Å². The summed E-state index contributed by atoms with van der Waals surface area (Å²) in [6.07, 6.45) is -0.756. The molecule has 0 bridgehead atoms. The minimum absolute atomic E-state index is 0.110. The number of hydrogen-bond acceptors (Lipinski definition) is 3. The molecule has 0 aromatic heterocycles. The van der Waals surface area contributed by atoms with Crippen molar-refractivity contribution >= 4 is 5.91 Å². The highest BCUT2D eigenvalue weighted by atomic mass is 19.4. The Balaban J connectivity index is 1.40. The third-order valence-electron chi connectivity index (χ3n) is 5.27. The van der Waals surface area contributed by atoms with Crippen LogP contribution in [0.5, 0.6) is 0 Å². The molecule has 2 fully saturated rings. The first-order valence-electron chi connectivity index (χ1n) is 9.29. The Morgan fingerprint density at radius 2 is 2.00 bits per heavy atom. The molecule has 2 aliphatic rings. The lowest BCUT2D eigenvalue weighted by Gasteiger charge is -2.17. The topological polar surface area (TPSA) is 44.4 Å². The number of carbonyl (C=O) groups is 1. The molecule has 2 saturated heterocycles. The van der Waals surface area contributed by atoms with Gasteiger partial charge in [0.2, 0.25) is 5.91 Å². The Morgan fingerprint density at radius 1 is 1.23 bits per heavy atom. The maximum absolute atomic E-state index is 12.6. The number of amides is 1. The Morgan fingerprint density at radius 3 is 2.65 bits per heavy atom.